The van der Waals surface area contributed by atoms with E-state index in [2.05, 4.69) is 5.32 Å². The Labute approximate surface area is 105 Å². The van der Waals surface area contributed by atoms with Crippen molar-refractivity contribution in [3.8, 4) is 0 Å². The molecule has 0 radical (unpaired) electrons. The van der Waals surface area contributed by atoms with Crippen LogP contribution in [-0.4, -0.2) is 29.3 Å². The van der Waals surface area contributed by atoms with E-state index in [0.29, 0.717) is 6.54 Å². The second kappa shape index (κ2) is 4.87. The zero-order valence-corrected chi connectivity index (χ0v) is 10.8. The largest absolute Gasteiger partial charge is 0.343 e. The Kier molecular flexibility index (Phi) is 3.47. The van der Waals surface area contributed by atoms with Crippen LogP contribution in [0.15, 0.2) is 16.8 Å². The Morgan fingerprint density at radius 3 is 2.88 bits per heavy atom. The van der Waals surface area contributed by atoms with E-state index in [1.807, 2.05) is 30.7 Å². The predicted molar refractivity (Wildman–Crippen MR) is 66.5 cm³/mol. The molecule has 1 saturated heterocycles. The fourth-order valence-electron chi connectivity index (χ4n) is 1.92. The molecule has 1 aliphatic heterocycles. The van der Waals surface area contributed by atoms with Gasteiger partial charge in [0.15, 0.2) is 0 Å². The van der Waals surface area contributed by atoms with Gasteiger partial charge in [0, 0.05) is 6.54 Å². The van der Waals surface area contributed by atoms with Crippen LogP contribution < -0.4 is 5.32 Å². The average Bonchev–Trinajstić information content (AvgIpc) is 2.75. The SMILES string of the molecule is CC(C)C1NC(=O)CN(Cc2ccsc2)C1=O. The van der Waals surface area contributed by atoms with Crippen LogP contribution in [0.4, 0.5) is 0 Å². The third kappa shape index (κ3) is 2.66. The molecule has 2 amide bonds. The van der Waals surface area contributed by atoms with Gasteiger partial charge >= 0.3 is 0 Å². The molecule has 2 rings (SSSR count). The molecule has 1 atom stereocenters. The molecule has 0 spiro atoms. The van der Waals surface area contributed by atoms with Gasteiger partial charge in [-0.3, -0.25) is 9.59 Å². The fraction of sp³-hybridized carbons (Fsp3) is 0.500. The standard InChI is InChI=1S/C12H16N2O2S/c1-8(2)11-12(16)14(6-10(15)13-11)5-9-3-4-17-7-9/h3-4,7-8,11H,5-6H2,1-2H3,(H,13,15). The first-order valence-corrected chi connectivity index (χ1v) is 6.61. The van der Waals surface area contributed by atoms with Gasteiger partial charge in [0.2, 0.25) is 11.8 Å². The Hall–Kier alpha value is -1.36. The van der Waals surface area contributed by atoms with Gasteiger partial charge in [-0.25, -0.2) is 0 Å². The molecule has 1 fully saturated rings. The molecule has 2 heterocycles. The number of piperazine rings is 1. The number of rotatable bonds is 3. The summed E-state index contributed by atoms with van der Waals surface area (Å²) in [5, 5.41) is 6.73. The maximum atomic E-state index is 12.2. The van der Waals surface area contributed by atoms with E-state index in [4.69, 9.17) is 0 Å². The lowest BCUT2D eigenvalue weighted by atomic mass is 10.0. The lowest BCUT2D eigenvalue weighted by molar-refractivity contribution is -0.146. The summed E-state index contributed by atoms with van der Waals surface area (Å²) in [6, 6.07) is 1.60. The first kappa shape index (κ1) is 12.1. The lowest BCUT2D eigenvalue weighted by Crippen LogP contribution is -2.59. The van der Waals surface area contributed by atoms with E-state index in [-0.39, 0.29) is 30.3 Å². The van der Waals surface area contributed by atoms with Gasteiger partial charge in [0.25, 0.3) is 0 Å². The van der Waals surface area contributed by atoms with Crippen molar-refractivity contribution in [2.45, 2.75) is 26.4 Å². The molecule has 0 aliphatic carbocycles. The molecule has 4 nitrogen and oxygen atoms in total. The Bertz CT molecular complexity index is 414. The number of nitrogens with one attached hydrogen (secondary N) is 1. The zero-order valence-electron chi connectivity index (χ0n) is 9.97. The van der Waals surface area contributed by atoms with Gasteiger partial charge in [-0.15, -0.1) is 0 Å². The summed E-state index contributed by atoms with van der Waals surface area (Å²) < 4.78 is 0. The third-order valence-corrected chi connectivity index (χ3v) is 3.58. The highest BCUT2D eigenvalue weighted by atomic mass is 32.1. The van der Waals surface area contributed by atoms with E-state index < -0.39 is 0 Å². The molecule has 5 heteroatoms. The van der Waals surface area contributed by atoms with E-state index in [0.717, 1.165) is 5.56 Å². The minimum Gasteiger partial charge on any atom is -0.343 e. The number of hydrogen-bond acceptors (Lipinski definition) is 3. The van der Waals surface area contributed by atoms with E-state index in [9.17, 15) is 9.59 Å². The minimum atomic E-state index is -0.380. The van der Waals surface area contributed by atoms with Crippen LogP contribution >= 0.6 is 11.3 Å². The summed E-state index contributed by atoms with van der Waals surface area (Å²) in [4.78, 5) is 25.3. The summed E-state index contributed by atoms with van der Waals surface area (Å²) in [5.74, 6) is 0.0704. The molecule has 1 aliphatic rings. The van der Waals surface area contributed by atoms with Crippen LogP contribution in [0.1, 0.15) is 19.4 Å². The third-order valence-electron chi connectivity index (χ3n) is 2.85. The molecule has 0 bridgehead atoms. The number of nitrogens with zero attached hydrogens (tertiary/aromatic N) is 1. The molecular weight excluding hydrogens is 236 g/mol. The summed E-state index contributed by atoms with van der Waals surface area (Å²) >= 11 is 1.60. The topological polar surface area (TPSA) is 49.4 Å². The van der Waals surface area contributed by atoms with E-state index in [1.54, 1.807) is 16.2 Å². The van der Waals surface area contributed by atoms with Crippen molar-refractivity contribution in [3.63, 3.8) is 0 Å². The van der Waals surface area contributed by atoms with Crippen LogP contribution in [0.25, 0.3) is 0 Å². The normalized spacial score (nSPS) is 20.9. The maximum Gasteiger partial charge on any atom is 0.246 e. The number of carbonyl (C=O) groups excluding carboxylic acids is 2. The van der Waals surface area contributed by atoms with Crippen LogP contribution in [0.5, 0.6) is 0 Å². The quantitative estimate of drug-likeness (QED) is 0.879. The minimum absolute atomic E-state index is 0.0193. The summed E-state index contributed by atoms with van der Waals surface area (Å²) in [6.45, 7) is 4.57. The fourth-order valence-corrected chi connectivity index (χ4v) is 2.58. The van der Waals surface area contributed by atoms with Crippen molar-refractivity contribution in [2.75, 3.05) is 6.54 Å². The monoisotopic (exact) mass is 252 g/mol. The molecule has 0 saturated carbocycles. The number of carbonyl (C=O) groups is 2. The molecule has 1 aromatic heterocycles. The average molecular weight is 252 g/mol. The van der Waals surface area contributed by atoms with Gasteiger partial charge in [-0.05, 0) is 28.3 Å². The van der Waals surface area contributed by atoms with Gasteiger partial charge in [0.1, 0.15) is 6.04 Å². The molecule has 17 heavy (non-hydrogen) atoms. The van der Waals surface area contributed by atoms with Crippen LogP contribution in [0.2, 0.25) is 0 Å². The predicted octanol–water partition coefficient (Wildman–Crippen LogP) is 1.23. The first-order valence-electron chi connectivity index (χ1n) is 5.67. The highest BCUT2D eigenvalue weighted by molar-refractivity contribution is 7.07. The summed E-state index contributed by atoms with van der Waals surface area (Å²) in [5.41, 5.74) is 1.08. The van der Waals surface area contributed by atoms with Crippen molar-refractivity contribution in [1.29, 1.82) is 0 Å². The highest BCUT2D eigenvalue weighted by Crippen LogP contribution is 2.15. The van der Waals surface area contributed by atoms with Gasteiger partial charge in [0.05, 0.1) is 6.54 Å². The lowest BCUT2D eigenvalue weighted by Gasteiger charge is -2.34. The molecule has 1 N–H and O–H groups in total. The Balaban J connectivity index is 2.10. The first-order chi connectivity index (χ1) is 8.08. The molecule has 1 unspecified atom stereocenters. The highest BCUT2D eigenvalue weighted by Gasteiger charge is 2.34. The molecule has 0 aromatic carbocycles. The van der Waals surface area contributed by atoms with Crippen molar-refractivity contribution in [2.24, 2.45) is 5.92 Å². The van der Waals surface area contributed by atoms with Crippen molar-refractivity contribution >= 4 is 23.2 Å². The van der Waals surface area contributed by atoms with Crippen LogP contribution in [-0.2, 0) is 16.1 Å². The molecular formula is C12H16N2O2S. The summed E-state index contributed by atoms with van der Waals surface area (Å²) in [6.07, 6.45) is 0. The maximum absolute atomic E-state index is 12.2. The Morgan fingerprint density at radius 2 is 2.29 bits per heavy atom. The smallest absolute Gasteiger partial charge is 0.246 e. The van der Waals surface area contributed by atoms with Gasteiger partial charge in [-0.1, -0.05) is 13.8 Å². The van der Waals surface area contributed by atoms with E-state index in [1.165, 1.54) is 0 Å². The summed E-state index contributed by atoms with van der Waals surface area (Å²) in [7, 11) is 0. The van der Waals surface area contributed by atoms with Crippen molar-refractivity contribution in [1.82, 2.24) is 10.2 Å². The van der Waals surface area contributed by atoms with Gasteiger partial charge in [-0.2, -0.15) is 11.3 Å². The number of hydrogen-bond donors (Lipinski definition) is 1. The molecule has 1 aromatic rings. The second-order valence-corrected chi connectivity index (χ2v) is 5.40. The number of amides is 2. The molecule has 92 valence electrons. The zero-order chi connectivity index (χ0) is 12.4. The Morgan fingerprint density at radius 1 is 1.53 bits per heavy atom. The van der Waals surface area contributed by atoms with Crippen LogP contribution in [0.3, 0.4) is 0 Å². The van der Waals surface area contributed by atoms with Gasteiger partial charge < -0.3 is 10.2 Å². The van der Waals surface area contributed by atoms with Crippen molar-refractivity contribution in [3.05, 3.63) is 22.4 Å². The van der Waals surface area contributed by atoms with Crippen molar-refractivity contribution < 1.29 is 9.59 Å². The number of thiophene rings is 1. The second-order valence-electron chi connectivity index (χ2n) is 4.62. The van der Waals surface area contributed by atoms with E-state index >= 15 is 0 Å². The van der Waals surface area contributed by atoms with Crippen LogP contribution in [0, 0.1) is 5.92 Å².